The van der Waals surface area contributed by atoms with Crippen molar-refractivity contribution in [3.8, 4) is 6.07 Å². The highest BCUT2D eigenvalue weighted by Crippen LogP contribution is 2.43. The van der Waals surface area contributed by atoms with E-state index < -0.39 is 28.7 Å². The summed E-state index contributed by atoms with van der Waals surface area (Å²) in [5, 5.41) is 17.2. The number of H-pyrrole nitrogens is 1. The molecule has 1 saturated heterocycles. The van der Waals surface area contributed by atoms with Gasteiger partial charge in [-0.3, -0.25) is 9.48 Å². The van der Waals surface area contributed by atoms with Crippen LogP contribution in [0.1, 0.15) is 31.7 Å². The van der Waals surface area contributed by atoms with Crippen LogP contribution in [-0.2, 0) is 10.0 Å². The summed E-state index contributed by atoms with van der Waals surface area (Å²) in [6, 6.07) is 9.31. The Kier molecular flexibility index (Phi) is 6.04. The van der Waals surface area contributed by atoms with Gasteiger partial charge in [-0.2, -0.15) is 27.8 Å². The first kappa shape index (κ1) is 24.3. The quantitative estimate of drug-likeness (QED) is 0.487. The summed E-state index contributed by atoms with van der Waals surface area (Å²) in [5.41, 5.74) is 0.669. The second-order valence-corrected chi connectivity index (χ2v) is 11.1. The molecule has 1 saturated carbocycles. The van der Waals surface area contributed by atoms with Gasteiger partial charge in [-0.05, 0) is 55.5 Å². The molecule has 1 aliphatic heterocycles. The van der Waals surface area contributed by atoms with Crippen molar-refractivity contribution in [1.29, 1.82) is 5.26 Å². The Balaban J connectivity index is 1.41. The average molecular weight is 521 g/mol. The molecule has 0 radical (unpaired) electrons. The molecule has 2 fully saturated rings. The molecule has 13 heteroatoms. The van der Waals surface area contributed by atoms with Crippen LogP contribution in [0.15, 0.2) is 46.2 Å². The van der Waals surface area contributed by atoms with Crippen LogP contribution in [0.3, 0.4) is 0 Å². The van der Waals surface area contributed by atoms with E-state index >= 15 is 0 Å². The molecule has 190 valence electrons. The molecule has 2 aromatic heterocycles. The number of aromatic amines is 1. The van der Waals surface area contributed by atoms with Crippen LogP contribution >= 0.6 is 0 Å². The van der Waals surface area contributed by atoms with Gasteiger partial charge in [0, 0.05) is 25.0 Å². The van der Waals surface area contributed by atoms with Gasteiger partial charge in [0.05, 0.1) is 34.9 Å². The maximum atomic E-state index is 13.0. The van der Waals surface area contributed by atoms with Crippen molar-refractivity contribution < 1.29 is 21.6 Å². The van der Waals surface area contributed by atoms with Crippen LogP contribution in [0.5, 0.6) is 0 Å². The lowest BCUT2D eigenvalue weighted by Crippen LogP contribution is -2.32. The zero-order valence-corrected chi connectivity index (χ0v) is 19.8. The Morgan fingerprint density at radius 2 is 1.92 bits per heavy atom. The molecule has 5 rings (SSSR count). The zero-order valence-electron chi connectivity index (χ0n) is 19.0. The predicted molar refractivity (Wildman–Crippen MR) is 125 cm³/mol. The minimum Gasteiger partial charge on any atom is -0.338 e. The van der Waals surface area contributed by atoms with Gasteiger partial charge in [-0.1, -0.05) is 0 Å². The molecule has 36 heavy (non-hydrogen) atoms. The lowest BCUT2D eigenvalue weighted by molar-refractivity contribution is -0.169. The number of alkyl halides is 3. The summed E-state index contributed by atoms with van der Waals surface area (Å²) < 4.78 is 67.2. The van der Waals surface area contributed by atoms with Gasteiger partial charge in [0.15, 0.2) is 5.82 Å². The van der Waals surface area contributed by atoms with Gasteiger partial charge in [-0.15, -0.1) is 0 Å². The third-order valence-electron chi connectivity index (χ3n) is 6.78. The van der Waals surface area contributed by atoms with E-state index in [2.05, 4.69) is 21.5 Å². The maximum absolute atomic E-state index is 13.0. The highest BCUT2D eigenvalue weighted by molar-refractivity contribution is 7.89. The molecule has 1 aliphatic carbocycles. The minimum atomic E-state index is -4.44. The molecule has 3 aromatic rings. The number of hydrogen-bond donors (Lipinski definition) is 2. The van der Waals surface area contributed by atoms with Crippen LogP contribution in [0.4, 0.5) is 24.7 Å². The predicted octanol–water partition coefficient (Wildman–Crippen LogP) is 3.91. The number of nitrogens with zero attached hydrogens (tertiary/aromatic N) is 4. The number of hydrogen-bond acceptors (Lipinski definition) is 6. The van der Waals surface area contributed by atoms with E-state index in [1.807, 2.05) is 0 Å². The maximum Gasteiger partial charge on any atom is 0.393 e. The van der Waals surface area contributed by atoms with E-state index in [0.717, 1.165) is 17.1 Å². The van der Waals surface area contributed by atoms with Gasteiger partial charge in [-0.25, -0.2) is 8.42 Å². The smallest absolute Gasteiger partial charge is 0.338 e. The fourth-order valence-electron chi connectivity index (χ4n) is 4.68. The van der Waals surface area contributed by atoms with Crippen molar-refractivity contribution in [3.63, 3.8) is 0 Å². The first-order valence-electron chi connectivity index (χ1n) is 11.5. The average Bonchev–Trinajstić information content (AvgIpc) is 3.40. The molecule has 2 N–H and O–H groups in total. The first-order valence-corrected chi connectivity index (χ1v) is 12.9. The molecule has 9 nitrogen and oxygen atoms in total. The lowest BCUT2D eigenvalue weighted by atomic mass is 10.1. The molecule has 0 amide bonds. The molecule has 0 spiro atoms. The first-order chi connectivity index (χ1) is 17.1. The second kappa shape index (κ2) is 8.94. The fourth-order valence-corrected chi connectivity index (χ4v) is 6.18. The molecule has 2 aliphatic rings. The van der Waals surface area contributed by atoms with Gasteiger partial charge < -0.3 is 10.3 Å². The molecule has 2 atom stereocenters. The van der Waals surface area contributed by atoms with E-state index in [1.165, 1.54) is 30.5 Å². The molecule has 1 aromatic carbocycles. The molecule has 1 unspecified atom stereocenters. The Hall–Kier alpha value is -3.37. The summed E-state index contributed by atoms with van der Waals surface area (Å²) in [7, 11) is -4.08. The van der Waals surface area contributed by atoms with Gasteiger partial charge in [0.25, 0.3) is 5.56 Å². The standard InChI is InChI=1S/C23H23F3N6O3S/c24-23(25,26)15-9-12-31(13-15)36(34,35)17-5-3-16(4-6-17)29-21-20-19(8-11-28-22(20)33)32(30-21)18(7-10-27)14-1-2-14/h3-6,8,11,14-15,18H,1-2,7,9,12-13H2,(H,28,33)(H,29,30)/t15-,18?/m1/s1. The normalized spacial score (nSPS) is 19.9. The summed E-state index contributed by atoms with van der Waals surface area (Å²) in [4.78, 5) is 15.1. The molecular formula is C23H23F3N6O3S. The number of nitrogens with one attached hydrogen (secondary N) is 2. The summed E-state index contributed by atoms with van der Waals surface area (Å²) >= 11 is 0. The number of aromatic nitrogens is 3. The number of fused-ring (bicyclic) bond motifs is 1. The summed E-state index contributed by atoms with van der Waals surface area (Å²) in [6.45, 7) is -0.785. The highest BCUT2D eigenvalue weighted by atomic mass is 32.2. The van der Waals surface area contributed by atoms with E-state index in [-0.39, 0.29) is 41.7 Å². The third-order valence-corrected chi connectivity index (χ3v) is 8.66. The number of sulfonamides is 1. The van der Waals surface area contributed by atoms with Gasteiger partial charge in [0.2, 0.25) is 10.0 Å². The van der Waals surface area contributed by atoms with Crippen LogP contribution in [0, 0.1) is 23.2 Å². The van der Waals surface area contributed by atoms with Crippen LogP contribution in [0.2, 0.25) is 0 Å². The Morgan fingerprint density at radius 1 is 1.19 bits per heavy atom. The monoisotopic (exact) mass is 520 g/mol. The number of pyridine rings is 1. The Morgan fingerprint density at radius 3 is 2.53 bits per heavy atom. The number of benzene rings is 1. The van der Waals surface area contributed by atoms with E-state index in [4.69, 9.17) is 0 Å². The van der Waals surface area contributed by atoms with Crippen LogP contribution in [-0.4, -0.2) is 46.8 Å². The van der Waals surface area contributed by atoms with E-state index in [1.54, 1.807) is 10.7 Å². The second-order valence-electron chi connectivity index (χ2n) is 9.17. The molecule has 3 heterocycles. The molecule has 0 bridgehead atoms. The number of nitriles is 1. The summed E-state index contributed by atoms with van der Waals surface area (Å²) in [6.07, 6.45) is -0.961. The largest absolute Gasteiger partial charge is 0.393 e. The Labute approximate surface area is 204 Å². The zero-order chi connectivity index (χ0) is 25.7. The topological polar surface area (TPSA) is 124 Å². The van der Waals surface area contributed by atoms with Gasteiger partial charge in [0.1, 0.15) is 5.39 Å². The van der Waals surface area contributed by atoms with Crippen molar-refractivity contribution in [1.82, 2.24) is 19.1 Å². The van der Waals surface area contributed by atoms with E-state index in [0.29, 0.717) is 22.5 Å². The van der Waals surface area contributed by atoms with Crippen molar-refractivity contribution in [2.45, 2.75) is 42.8 Å². The SMILES string of the molecule is N#CCC(C1CC1)n1nc(Nc2ccc(S(=O)(=O)N3CC[C@@H](C(F)(F)F)C3)cc2)c2c(=O)[nH]ccc21. The highest BCUT2D eigenvalue weighted by Gasteiger charge is 2.46. The van der Waals surface area contributed by atoms with Gasteiger partial charge >= 0.3 is 6.18 Å². The number of halogens is 3. The number of anilines is 2. The summed E-state index contributed by atoms with van der Waals surface area (Å²) in [5.74, 6) is -1.10. The van der Waals surface area contributed by atoms with Crippen LogP contribution in [0.25, 0.3) is 10.9 Å². The lowest BCUT2D eigenvalue weighted by Gasteiger charge is -2.18. The fraction of sp³-hybridized carbons (Fsp3) is 0.435. The van der Waals surface area contributed by atoms with E-state index in [9.17, 15) is 31.6 Å². The van der Waals surface area contributed by atoms with Crippen molar-refractivity contribution in [2.75, 3.05) is 18.4 Å². The van der Waals surface area contributed by atoms with Crippen molar-refractivity contribution >= 4 is 32.4 Å². The van der Waals surface area contributed by atoms with Crippen molar-refractivity contribution in [3.05, 3.63) is 46.9 Å². The van der Waals surface area contributed by atoms with Crippen molar-refractivity contribution in [2.24, 2.45) is 11.8 Å². The van der Waals surface area contributed by atoms with Crippen LogP contribution < -0.4 is 10.9 Å². The third kappa shape index (κ3) is 4.46. The Bertz CT molecular complexity index is 1490. The minimum absolute atomic E-state index is 0.119. The number of rotatable bonds is 7. The molecular weight excluding hydrogens is 497 g/mol.